The van der Waals surface area contributed by atoms with Crippen LogP contribution in [0.15, 0.2) is 72.8 Å². The van der Waals surface area contributed by atoms with Crippen LogP contribution in [0.4, 0.5) is 5.69 Å². The number of benzene rings is 3. The Bertz CT molecular complexity index is 1350. The van der Waals surface area contributed by atoms with E-state index in [0.29, 0.717) is 5.69 Å². The average Bonchev–Trinajstić information content (AvgIpc) is 3.21. The fraction of sp³-hybridized carbons (Fsp3) is 0.167. The van der Waals surface area contributed by atoms with Crippen molar-refractivity contribution in [2.45, 2.75) is 19.8 Å². The predicted octanol–water partition coefficient (Wildman–Crippen LogP) is 5.32. The Morgan fingerprint density at radius 3 is 2.50 bits per heavy atom. The van der Waals surface area contributed by atoms with E-state index in [9.17, 15) is 13.2 Å². The number of carbonyl (C=O) groups excluding carboxylic acids is 1. The highest BCUT2D eigenvalue weighted by molar-refractivity contribution is 7.92. The molecule has 1 atom stereocenters. The number of aromatic nitrogens is 1. The molecule has 0 saturated heterocycles. The maximum absolute atomic E-state index is 12.4. The Morgan fingerprint density at radius 2 is 1.78 bits per heavy atom. The standard InChI is InChI=1S/C24H22N2O4S2/c1-16-8-13-21-22(14-16)31-23(25-21)19-9-11-20(12-10-19)26-32(28,29)15-30-24(27)17(2)18-6-4-3-5-7-18/h3-14,17,26H,15H2,1-2H3. The van der Waals surface area contributed by atoms with Crippen LogP contribution >= 0.6 is 11.3 Å². The molecule has 0 aliphatic rings. The Labute approximate surface area is 190 Å². The molecule has 3 aromatic carbocycles. The number of nitrogens with zero attached hydrogens (tertiary/aromatic N) is 1. The number of sulfonamides is 1. The molecule has 0 fully saturated rings. The van der Waals surface area contributed by atoms with Gasteiger partial charge in [-0.3, -0.25) is 9.52 Å². The lowest BCUT2D eigenvalue weighted by Crippen LogP contribution is -2.23. The molecule has 0 aliphatic heterocycles. The molecule has 0 aliphatic carbocycles. The summed E-state index contributed by atoms with van der Waals surface area (Å²) in [5.41, 5.74) is 4.17. The summed E-state index contributed by atoms with van der Waals surface area (Å²) in [5, 5.41) is 0.865. The van der Waals surface area contributed by atoms with Crippen LogP contribution in [-0.2, 0) is 19.6 Å². The lowest BCUT2D eigenvalue weighted by atomic mass is 10.0. The number of aryl methyl sites for hydroxylation is 1. The minimum atomic E-state index is -3.85. The number of thiazole rings is 1. The van der Waals surface area contributed by atoms with Gasteiger partial charge in [0.1, 0.15) is 5.01 Å². The predicted molar refractivity (Wildman–Crippen MR) is 128 cm³/mol. The molecule has 0 bridgehead atoms. The highest BCUT2D eigenvalue weighted by Crippen LogP contribution is 2.31. The van der Waals surface area contributed by atoms with Crippen molar-refractivity contribution < 1.29 is 17.9 Å². The van der Waals surface area contributed by atoms with Crippen molar-refractivity contribution in [3.8, 4) is 10.6 Å². The van der Waals surface area contributed by atoms with Gasteiger partial charge in [-0.05, 0) is 61.4 Å². The van der Waals surface area contributed by atoms with Gasteiger partial charge in [0.25, 0.3) is 10.0 Å². The van der Waals surface area contributed by atoms with E-state index in [1.165, 1.54) is 5.56 Å². The third kappa shape index (κ3) is 5.15. The first-order chi connectivity index (χ1) is 15.3. The number of anilines is 1. The quantitative estimate of drug-likeness (QED) is 0.373. The normalized spacial score (nSPS) is 12.4. The second kappa shape index (κ2) is 9.10. The number of rotatable bonds is 7. The number of fused-ring (bicyclic) bond motifs is 1. The van der Waals surface area contributed by atoms with Crippen LogP contribution in [-0.4, -0.2) is 25.3 Å². The van der Waals surface area contributed by atoms with E-state index >= 15 is 0 Å². The Kier molecular flexibility index (Phi) is 6.25. The highest BCUT2D eigenvalue weighted by Gasteiger charge is 2.20. The van der Waals surface area contributed by atoms with Crippen LogP contribution in [0.3, 0.4) is 0 Å². The third-order valence-electron chi connectivity index (χ3n) is 4.96. The van der Waals surface area contributed by atoms with Crippen molar-refractivity contribution in [2.24, 2.45) is 0 Å². The monoisotopic (exact) mass is 466 g/mol. The molecule has 164 valence electrons. The van der Waals surface area contributed by atoms with E-state index in [1.54, 1.807) is 42.5 Å². The Balaban J connectivity index is 1.39. The summed E-state index contributed by atoms with van der Waals surface area (Å²) >= 11 is 1.59. The number of carbonyl (C=O) groups is 1. The Morgan fingerprint density at radius 1 is 1.06 bits per heavy atom. The SMILES string of the molecule is Cc1ccc2nc(-c3ccc(NS(=O)(=O)COC(=O)C(C)c4ccccc4)cc3)sc2c1. The lowest BCUT2D eigenvalue weighted by Gasteiger charge is -2.13. The van der Waals surface area contributed by atoms with Crippen LogP contribution in [0, 0.1) is 6.92 Å². The summed E-state index contributed by atoms with van der Waals surface area (Å²) in [6.07, 6.45) is 0. The summed E-state index contributed by atoms with van der Waals surface area (Å²) in [4.78, 5) is 16.9. The lowest BCUT2D eigenvalue weighted by molar-refractivity contribution is -0.143. The van der Waals surface area contributed by atoms with Gasteiger partial charge in [0.15, 0.2) is 0 Å². The molecule has 32 heavy (non-hydrogen) atoms. The third-order valence-corrected chi connectivity index (χ3v) is 7.00. The molecule has 0 radical (unpaired) electrons. The summed E-state index contributed by atoms with van der Waals surface area (Å²) in [7, 11) is -3.85. The van der Waals surface area contributed by atoms with Gasteiger partial charge in [0.2, 0.25) is 5.94 Å². The van der Waals surface area contributed by atoms with Gasteiger partial charge < -0.3 is 4.74 Å². The zero-order valence-corrected chi connectivity index (χ0v) is 19.2. The van der Waals surface area contributed by atoms with Gasteiger partial charge >= 0.3 is 5.97 Å². The van der Waals surface area contributed by atoms with E-state index in [-0.39, 0.29) is 0 Å². The molecule has 4 aromatic rings. The zero-order valence-electron chi connectivity index (χ0n) is 17.6. The van der Waals surface area contributed by atoms with Crippen molar-refractivity contribution in [1.82, 2.24) is 4.98 Å². The van der Waals surface area contributed by atoms with Gasteiger partial charge in [-0.1, -0.05) is 36.4 Å². The van der Waals surface area contributed by atoms with E-state index in [2.05, 4.69) is 15.8 Å². The Hall–Kier alpha value is -3.23. The molecule has 0 amide bonds. The fourth-order valence-corrected chi connectivity index (χ4v) is 5.08. The van der Waals surface area contributed by atoms with Crippen molar-refractivity contribution >= 4 is 43.2 Å². The second-order valence-corrected chi connectivity index (χ2v) is 10.2. The van der Waals surface area contributed by atoms with Gasteiger partial charge in [0.05, 0.1) is 16.1 Å². The topological polar surface area (TPSA) is 85.4 Å². The van der Waals surface area contributed by atoms with Crippen LogP contribution in [0.2, 0.25) is 0 Å². The van der Waals surface area contributed by atoms with Crippen LogP contribution in [0.25, 0.3) is 20.8 Å². The molecule has 1 unspecified atom stereocenters. The van der Waals surface area contributed by atoms with Gasteiger partial charge in [-0.2, -0.15) is 0 Å². The van der Waals surface area contributed by atoms with Gasteiger partial charge in [-0.25, -0.2) is 13.4 Å². The van der Waals surface area contributed by atoms with Crippen molar-refractivity contribution in [2.75, 3.05) is 10.7 Å². The second-order valence-electron chi connectivity index (χ2n) is 7.50. The van der Waals surface area contributed by atoms with Crippen LogP contribution in [0.5, 0.6) is 0 Å². The molecular formula is C24H22N2O4S2. The smallest absolute Gasteiger partial charge is 0.314 e. The van der Waals surface area contributed by atoms with Crippen LogP contribution < -0.4 is 4.72 Å². The van der Waals surface area contributed by atoms with E-state index in [1.807, 2.05) is 49.4 Å². The van der Waals surface area contributed by atoms with Gasteiger partial charge in [0, 0.05) is 11.3 Å². The number of hydrogen-bond donors (Lipinski definition) is 1. The molecular weight excluding hydrogens is 444 g/mol. The molecule has 0 saturated carbocycles. The molecule has 4 rings (SSSR count). The van der Waals surface area contributed by atoms with E-state index in [4.69, 9.17) is 4.74 Å². The highest BCUT2D eigenvalue weighted by atomic mass is 32.2. The largest absolute Gasteiger partial charge is 0.447 e. The first-order valence-corrected chi connectivity index (χ1v) is 12.5. The first-order valence-electron chi connectivity index (χ1n) is 10.0. The molecule has 1 aromatic heterocycles. The minimum Gasteiger partial charge on any atom is -0.447 e. The summed E-state index contributed by atoms with van der Waals surface area (Å²) in [6, 6.07) is 22.1. The minimum absolute atomic E-state index is 0.387. The summed E-state index contributed by atoms with van der Waals surface area (Å²) < 4.78 is 33.3. The maximum atomic E-state index is 12.4. The number of esters is 1. The molecule has 1 heterocycles. The van der Waals surface area contributed by atoms with Crippen molar-refractivity contribution in [3.63, 3.8) is 0 Å². The van der Waals surface area contributed by atoms with Crippen LogP contribution in [0.1, 0.15) is 24.0 Å². The summed E-state index contributed by atoms with van der Waals surface area (Å²) in [6.45, 7) is 3.72. The first kappa shape index (κ1) is 22.0. The van der Waals surface area contributed by atoms with Crippen molar-refractivity contribution in [3.05, 3.63) is 83.9 Å². The molecule has 6 nitrogen and oxygen atoms in total. The maximum Gasteiger partial charge on any atom is 0.314 e. The number of hydrogen-bond acceptors (Lipinski definition) is 6. The van der Waals surface area contributed by atoms with Gasteiger partial charge in [-0.15, -0.1) is 11.3 Å². The zero-order chi connectivity index (χ0) is 22.7. The average molecular weight is 467 g/mol. The molecule has 0 spiro atoms. The fourth-order valence-electron chi connectivity index (χ4n) is 3.18. The summed E-state index contributed by atoms with van der Waals surface area (Å²) in [5.74, 6) is -1.90. The number of ether oxygens (including phenoxy) is 1. The number of nitrogens with one attached hydrogen (secondary N) is 1. The molecule has 8 heteroatoms. The van der Waals surface area contributed by atoms with E-state index in [0.717, 1.165) is 26.4 Å². The molecule has 1 N–H and O–H groups in total. The van der Waals surface area contributed by atoms with E-state index < -0.39 is 27.8 Å². The van der Waals surface area contributed by atoms with Crippen molar-refractivity contribution in [1.29, 1.82) is 0 Å².